The Labute approximate surface area is 115 Å². The van der Waals surface area contributed by atoms with Gasteiger partial charge in [-0.05, 0) is 40.6 Å². The molecule has 88 valence electrons. The van der Waals surface area contributed by atoms with E-state index < -0.39 is 0 Å². The minimum absolute atomic E-state index is 0.647. The Hall–Kier alpha value is -1.17. The molecular weight excluding hydrogens is 325 g/mol. The van der Waals surface area contributed by atoms with Gasteiger partial charge in [0, 0.05) is 21.7 Å². The van der Waals surface area contributed by atoms with Gasteiger partial charge in [0.1, 0.15) is 0 Å². The number of aryl methyl sites for hydroxylation is 1. The number of aromatic nitrogens is 2. The summed E-state index contributed by atoms with van der Waals surface area (Å²) in [7, 11) is 0. The lowest BCUT2D eigenvalue weighted by Gasteiger charge is -2.09. The average molecular weight is 339 g/mol. The number of hydrogen-bond donors (Lipinski definition) is 1. The molecule has 17 heavy (non-hydrogen) atoms. The van der Waals surface area contributed by atoms with Gasteiger partial charge >= 0.3 is 0 Å². The quantitative estimate of drug-likeness (QED) is 0.862. The summed E-state index contributed by atoms with van der Waals surface area (Å²) in [6.07, 6.45) is 5.80. The molecule has 3 nitrogen and oxygen atoms in total. The van der Waals surface area contributed by atoms with Crippen LogP contribution in [0, 0.1) is 3.57 Å². The van der Waals surface area contributed by atoms with Crippen molar-refractivity contribution >= 4 is 34.2 Å². The topological polar surface area (TPSA) is 37.8 Å². The molecule has 0 saturated heterocycles. The molecule has 0 aliphatic heterocycles. The molecule has 2 rings (SSSR count). The van der Waals surface area contributed by atoms with E-state index in [2.05, 4.69) is 63.0 Å². The van der Waals surface area contributed by atoms with Gasteiger partial charge < -0.3 is 5.32 Å². The van der Waals surface area contributed by atoms with E-state index in [1.807, 2.05) is 6.07 Å². The number of halogens is 1. The van der Waals surface area contributed by atoms with Crippen molar-refractivity contribution in [2.75, 3.05) is 5.32 Å². The van der Waals surface area contributed by atoms with Crippen LogP contribution in [0.4, 0.5) is 11.6 Å². The Balaban J connectivity index is 2.20. The van der Waals surface area contributed by atoms with Gasteiger partial charge in [-0.15, -0.1) is 0 Å². The first kappa shape index (κ1) is 12.3. The molecule has 0 unspecified atom stereocenters. The molecule has 0 fully saturated rings. The Morgan fingerprint density at radius 2 is 1.88 bits per heavy atom. The van der Waals surface area contributed by atoms with E-state index in [4.69, 9.17) is 0 Å². The molecule has 0 saturated carbocycles. The number of para-hydroxylation sites is 1. The predicted octanol–water partition coefficient (Wildman–Crippen LogP) is 3.78. The van der Waals surface area contributed by atoms with Crippen molar-refractivity contribution in [2.24, 2.45) is 0 Å². The van der Waals surface area contributed by atoms with Gasteiger partial charge in [-0.2, -0.15) is 0 Å². The summed E-state index contributed by atoms with van der Waals surface area (Å²) in [5.74, 6) is 0.647. The van der Waals surface area contributed by atoms with Crippen LogP contribution < -0.4 is 5.32 Å². The van der Waals surface area contributed by atoms with Gasteiger partial charge in [0.25, 0.3) is 0 Å². The number of hydrogen-bond acceptors (Lipinski definition) is 3. The molecular formula is C13H14IN3. The summed E-state index contributed by atoms with van der Waals surface area (Å²) in [6.45, 7) is 2.18. The highest BCUT2D eigenvalue weighted by Crippen LogP contribution is 2.19. The van der Waals surface area contributed by atoms with Gasteiger partial charge in [0.15, 0.2) is 0 Å². The minimum Gasteiger partial charge on any atom is -0.324 e. The van der Waals surface area contributed by atoms with Crippen LogP contribution in [0.3, 0.4) is 0 Å². The smallest absolute Gasteiger partial charge is 0.227 e. The second-order valence-electron chi connectivity index (χ2n) is 3.76. The largest absolute Gasteiger partial charge is 0.324 e. The first-order valence-corrected chi connectivity index (χ1v) is 6.70. The molecule has 0 aliphatic carbocycles. The number of benzene rings is 1. The van der Waals surface area contributed by atoms with Crippen molar-refractivity contribution in [3.05, 3.63) is 45.8 Å². The lowest BCUT2D eigenvalue weighted by Crippen LogP contribution is -2.00. The molecule has 1 aromatic heterocycles. The third-order valence-electron chi connectivity index (χ3n) is 2.40. The molecule has 1 aromatic carbocycles. The summed E-state index contributed by atoms with van der Waals surface area (Å²) in [4.78, 5) is 8.49. The zero-order valence-electron chi connectivity index (χ0n) is 9.65. The van der Waals surface area contributed by atoms with Crippen LogP contribution in [0.2, 0.25) is 0 Å². The molecule has 0 spiro atoms. The highest BCUT2D eigenvalue weighted by Gasteiger charge is 2.02. The van der Waals surface area contributed by atoms with E-state index in [0.717, 1.165) is 22.1 Å². The average Bonchev–Trinajstić information content (AvgIpc) is 2.35. The highest BCUT2D eigenvalue weighted by atomic mass is 127. The standard InChI is InChI=1S/C13H14IN3/c1-2-5-10-6-3-4-7-12(10)17-13-15-8-11(14)9-16-13/h3-4,6-9H,2,5H2,1H3,(H,15,16,17). The number of nitrogens with one attached hydrogen (secondary N) is 1. The molecule has 0 bridgehead atoms. The highest BCUT2D eigenvalue weighted by molar-refractivity contribution is 14.1. The Bertz CT molecular complexity index is 482. The van der Waals surface area contributed by atoms with Crippen molar-refractivity contribution in [3.8, 4) is 0 Å². The van der Waals surface area contributed by atoms with Crippen LogP contribution >= 0.6 is 22.6 Å². The molecule has 0 radical (unpaired) electrons. The number of anilines is 2. The molecule has 1 heterocycles. The van der Waals surface area contributed by atoms with Crippen molar-refractivity contribution in [1.82, 2.24) is 9.97 Å². The predicted molar refractivity (Wildman–Crippen MR) is 78.5 cm³/mol. The lowest BCUT2D eigenvalue weighted by molar-refractivity contribution is 0.922. The molecule has 2 aromatic rings. The molecule has 0 amide bonds. The molecule has 1 N–H and O–H groups in total. The van der Waals surface area contributed by atoms with Crippen LogP contribution in [0.15, 0.2) is 36.7 Å². The first-order chi connectivity index (χ1) is 8.29. The monoisotopic (exact) mass is 339 g/mol. The van der Waals surface area contributed by atoms with E-state index in [1.165, 1.54) is 5.56 Å². The van der Waals surface area contributed by atoms with E-state index in [1.54, 1.807) is 12.4 Å². The Morgan fingerprint density at radius 1 is 1.18 bits per heavy atom. The fraction of sp³-hybridized carbons (Fsp3) is 0.231. The maximum absolute atomic E-state index is 4.25. The summed E-state index contributed by atoms with van der Waals surface area (Å²) < 4.78 is 1.04. The number of nitrogens with zero attached hydrogens (tertiary/aromatic N) is 2. The zero-order valence-corrected chi connectivity index (χ0v) is 11.8. The van der Waals surface area contributed by atoms with E-state index in [0.29, 0.717) is 5.95 Å². The maximum Gasteiger partial charge on any atom is 0.227 e. The van der Waals surface area contributed by atoms with E-state index in [9.17, 15) is 0 Å². The fourth-order valence-electron chi connectivity index (χ4n) is 1.63. The van der Waals surface area contributed by atoms with Crippen LogP contribution in [-0.4, -0.2) is 9.97 Å². The summed E-state index contributed by atoms with van der Waals surface area (Å²) in [6, 6.07) is 8.28. The zero-order chi connectivity index (χ0) is 12.1. The van der Waals surface area contributed by atoms with Crippen LogP contribution in [0.5, 0.6) is 0 Å². The van der Waals surface area contributed by atoms with Gasteiger partial charge in [-0.3, -0.25) is 0 Å². The second kappa shape index (κ2) is 5.95. The minimum atomic E-state index is 0.647. The fourth-order valence-corrected chi connectivity index (χ4v) is 1.91. The van der Waals surface area contributed by atoms with Crippen LogP contribution in [0.25, 0.3) is 0 Å². The first-order valence-electron chi connectivity index (χ1n) is 5.62. The van der Waals surface area contributed by atoms with E-state index in [-0.39, 0.29) is 0 Å². The van der Waals surface area contributed by atoms with Crippen LogP contribution in [-0.2, 0) is 6.42 Å². The number of rotatable bonds is 4. The summed E-state index contributed by atoms with van der Waals surface area (Å²) in [5, 5.41) is 3.26. The van der Waals surface area contributed by atoms with Gasteiger partial charge in [0.2, 0.25) is 5.95 Å². The van der Waals surface area contributed by atoms with Crippen molar-refractivity contribution < 1.29 is 0 Å². The normalized spacial score (nSPS) is 10.2. The van der Waals surface area contributed by atoms with Gasteiger partial charge in [-0.25, -0.2) is 9.97 Å². The molecule has 0 aliphatic rings. The van der Waals surface area contributed by atoms with Crippen molar-refractivity contribution in [1.29, 1.82) is 0 Å². The van der Waals surface area contributed by atoms with Gasteiger partial charge in [0.05, 0.1) is 0 Å². The van der Waals surface area contributed by atoms with E-state index >= 15 is 0 Å². The Morgan fingerprint density at radius 3 is 2.59 bits per heavy atom. The molecule has 4 heteroatoms. The lowest BCUT2D eigenvalue weighted by atomic mass is 10.1. The molecule has 0 atom stereocenters. The van der Waals surface area contributed by atoms with Crippen LogP contribution in [0.1, 0.15) is 18.9 Å². The van der Waals surface area contributed by atoms with Gasteiger partial charge in [-0.1, -0.05) is 31.5 Å². The maximum atomic E-state index is 4.25. The third-order valence-corrected chi connectivity index (χ3v) is 2.96. The van der Waals surface area contributed by atoms with Crippen molar-refractivity contribution in [3.63, 3.8) is 0 Å². The van der Waals surface area contributed by atoms with Crippen molar-refractivity contribution in [2.45, 2.75) is 19.8 Å². The summed E-state index contributed by atoms with van der Waals surface area (Å²) in [5.41, 5.74) is 2.40. The Kier molecular flexibility index (Phi) is 4.30. The SMILES string of the molecule is CCCc1ccccc1Nc1ncc(I)cn1. The third kappa shape index (κ3) is 3.39. The summed E-state index contributed by atoms with van der Waals surface area (Å²) >= 11 is 2.19. The second-order valence-corrected chi connectivity index (χ2v) is 5.00.